The highest BCUT2D eigenvalue weighted by Gasteiger charge is 2.20. The van der Waals surface area contributed by atoms with Gasteiger partial charge >= 0.3 is 0 Å². The number of nitrogens with one attached hydrogen (secondary N) is 3. The standard InChI is InChI=1S/C23H23N3O5S/c1-15-6-4-5-7-20(15)23(28)25-24-22(27)17-9-8-16(2)21(14-17)32(29,30)26-18-10-12-19(31-3)13-11-18/h4-14,26H,1-3H3,(H,24,27)(H,25,28). The average Bonchev–Trinajstić information content (AvgIpc) is 2.78. The van der Waals surface area contributed by atoms with Crippen molar-refractivity contribution in [2.24, 2.45) is 0 Å². The lowest BCUT2D eigenvalue weighted by Gasteiger charge is -2.13. The van der Waals surface area contributed by atoms with E-state index in [1.54, 1.807) is 62.4 Å². The maximum absolute atomic E-state index is 12.9. The van der Waals surface area contributed by atoms with E-state index in [0.717, 1.165) is 5.56 Å². The quantitative estimate of drug-likeness (QED) is 0.496. The molecule has 3 rings (SSSR count). The van der Waals surface area contributed by atoms with E-state index in [1.807, 2.05) is 0 Å². The summed E-state index contributed by atoms with van der Waals surface area (Å²) in [6.07, 6.45) is 0. The second-order valence-electron chi connectivity index (χ2n) is 7.04. The molecule has 0 saturated heterocycles. The summed E-state index contributed by atoms with van der Waals surface area (Å²) in [5.41, 5.74) is 6.74. The van der Waals surface area contributed by atoms with Crippen LogP contribution in [0.3, 0.4) is 0 Å². The second kappa shape index (κ2) is 9.52. The molecule has 0 saturated carbocycles. The molecule has 2 amide bonds. The van der Waals surface area contributed by atoms with Gasteiger partial charge in [-0.05, 0) is 67.4 Å². The molecule has 0 bridgehead atoms. The SMILES string of the molecule is COc1ccc(NS(=O)(=O)c2cc(C(=O)NNC(=O)c3ccccc3C)ccc2C)cc1. The largest absolute Gasteiger partial charge is 0.497 e. The number of carbonyl (C=O) groups excluding carboxylic acids is 2. The van der Waals surface area contributed by atoms with E-state index in [1.165, 1.54) is 25.3 Å². The molecule has 0 unspecified atom stereocenters. The Labute approximate surface area is 186 Å². The zero-order valence-electron chi connectivity index (χ0n) is 17.8. The molecule has 0 aromatic heterocycles. The highest BCUT2D eigenvalue weighted by Crippen LogP contribution is 2.22. The van der Waals surface area contributed by atoms with Gasteiger partial charge in [0.1, 0.15) is 5.75 Å². The van der Waals surface area contributed by atoms with Crippen LogP contribution in [0.15, 0.2) is 71.6 Å². The lowest BCUT2D eigenvalue weighted by molar-refractivity contribution is 0.0846. The lowest BCUT2D eigenvalue weighted by Crippen LogP contribution is -2.41. The minimum atomic E-state index is -3.96. The molecule has 0 spiro atoms. The molecule has 0 aliphatic heterocycles. The number of hydrogen-bond acceptors (Lipinski definition) is 5. The molecule has 32 heavy (non-hydrogen) atoms. The van der Waals surface area contributed by atoms with Gasteiger partial charge in [0.2, 0.25) is 0 Å². The van der Waals surface area contributed by atoms with Gasteiger partial charge in [0.25, 0.3) is 21.8 Å². The molecule has 0 fully saturated rings. The van der Waals surface area contributed by atoms with Crippen molar-refractivity contribution in [2.45, 2.75) is 18.7 Å². The predicted octanol–water partition coefficient (Wildman–Crippen LogP) is 3.19. The summed E-state index contributed by atoms with van der Waals surface area (Å²) in [4.78, 5) is 24.8. The van der Waals surface area contributed by atoms with Crippen LogP contribution >= 0.6 is 0 Å². The molecule has 3 N–H and O–H groups in total. The summed E-state index contributed by atoms with van der Waals surface area (Å²) in [6, 6.07) is 17.6. The first-order valence-electron chi connectivity index (χ1n) is 9.65. The molecular formula is C23H23N3O5S. The van der Waals surface area contributed by atoms with Crippen molar-refractivity contribution < 1.29 is 22.7 Å². The van der Waals surface area contributed by atoms with Crippen LogP contribution in [-0.2, 0) is 10.0 Å². The number of sulfonamides is 1. The third kappa shape index (κ3) is 5.25. The fourth-order valence-electron chi connectivity index (χ4n) is 2.98. The summed E-state index contributed by atoms with van der Waals surface area (Å²) in [5.74, 6) is -0.527. The van der Waals surface area contributed by atoms with Crippen molar-refractivity contribution in [1.82, 2.24) is 10.9 Å². The van der Waals surface area contributed by atoms with Gasteiger partial charge in [-0.25, -0.2) is 8.42 Å². The zero-order chi connectivity index (χ0) is 23.3. The molecule has 0 atom stereocenters. The van der Waals surface area contributed by atoms with E-state index < -0.39 is 21.8 Å². The van der Waals surface area contributed by atoms with Crippen molar-refractivity contribution in [3.63, 3.8) is 0 Å². The molecule has 0 heterocycles. The van der Waals surface area contributed by atoms with Gasteiger partial charge in [-0.2, -0.15) is 0 Å². The molecule has 3 aromatic rings. The summed E-state index contributed by atoms with van der Waals surface area (Å²) in [7, 11) is -2.44. The number of rotatable bonds is 6. The number of hydrazine groups is 1. The van der Waals surface area contributed by atoms with Crippen molar-refractivity contribution in [2.75, 3.05) is 11.8 Å². The second-order valence-corrected chi connectivity index (χ2v) is 8.69. The molecule has 0 aliphatic rings. The first-order valence-corrected chi connectivity index (χ1v) is 11.1. The van der Waals surface area contributed by atoms with E-state index in [9.17, 15) is 18.0 Å². The molecule has 166 valence electrons. The summed E-state index contributed by atoms with van der Waals surface area (Å²) in [6.45, 7) is 3.41. The van der Waals surface area contributed by atoms with Crippen molar-refractivity contribution in [3.05, 3.63) is 89.0 Å². The predicted molar refractivity (Wildman–Crippen MR) is 121 cm³/mol. The highest BCUT2D eigenvalue weighted by molar-refractivity contribution is 7.92. The number of aryl methyl sites for hydroxylation is 2. The molecule has 3 aromatic carbocycles. The average molecular weight is 454 g/mol. The molecular weight excluding hydrogens is 430 g/mol. The smallest absolute Gasteiger partial charge is 0.269 e. The molecule has 8 nitrogen and oxygen atoms in total. The fraction of sp³-hybridized carbons (Fsp3) is 0.130. The fourth-order valence-corrected chi connectivity index (χ4v) is 4.31. The Morgan fingerprint density at radius 3 is 2.12 bits per heavy atom. The Morgan fingerprint density at radius 1 is 0.812 bits per heavy atom. The van der Waals surface area contributed by atoms with Gasteiger partial charge in [0.05, 0.1) is 12.0 Å². The van der Waals surface area contributed by atoms with E-state index in [-0.39, 0.29) is 10.5 Å². The Morgan fingerprint density at radius 2 is 1.47 bits per heavy atom. The number of amides is 2. The summed E-state index contributed by atoms with van der Waals surface area (Å²) >= 11 is 0. The zero-order valence-corrected chi connectivity index (χ0v) is 18.6. The van der Waals surface area contributed by atoms with Crippen molar-refractivity contribution >= 4 is 27.5 Å². The van der Waals surface area contributed by atoms with Crippen molar-refractivity contribution in [3.8, 4) is 5.75 Å². The van der Waals surface area contributed by atoms with Crippen LogP contribution < -0.4 is 20.3 Å². The van der Waals surface area contributed by atoms with Gasteiger partial charge in [-0.1, -0.05) is 24.3 Å². The van der Waals surface area contributed by atoms with Gasteiger partial charge in [-0.3, -0.25) is 25.2 Å². The number of carbonyl (C=O) groups is 2. The lowest BCUT2D eigenvalue weighted by atomic mass is 10.1. The molecule has 0 radical (unpaired) electrons. The summed E-state index contributed by atoms with van der Waals surface area (Å²) < 4.78 is 33.3. The third-order valence-corrected chi connectivity index (χ3v) is 6.28. The topological polar surface area (TPSA) is 114 Å². The third-order valence-electron chi connectivity index (χ3n) is 4.76. The van der Waals surface area contributed by atoms with Gasteiger partial charge < -0.3 is 4.74 Å². The maximum Gasteiger partial charge on any atom is 0.269 e. The number of ether oxygens (including phenoxy) is 1. The normalized spacial score (nSPS) is 10.8. The Kier molecular flexibility index (Phi) is 6.79. The van der Waals surface area contributed by atoms with Crippen LogP contribution in [0.1, 0.15) is 31.8 Å². The number of methoxy groups -OCH3 is 1. The monoisotopic (exact) mass is 453 g/mol. The van der Waals surface area contributed by atoms with Gasteiger partial charge in [0.15, 0.2) is 0 Å². The first-order chi connectivity index (χ1) is 15.2. The van der Waals surface area contributed by atoms with Crippen LogP contribution in [0.2, 0.25) is 0 Å². The first kappa shape index (κ1) is 22.8. The van der Waals surface area contributed by atoms with E-state index in [0.29, 0.717) is 22.6 Å². The van der Waals surface area contributed by atoms with E-state index >= 15 is 0 Å². The number of hydrogen-bond donors (Lipinski definition) is 3. The number of anilines is 1. The van der Waals surface area contributed by atoms with Crippen LogP contribution in [0.25, 0.3) is 0 Å². The minimum Gasteiger partial charge on any atom is -0.497 e. The van der Waals surface area contributed by atoms with Crippen LogP contribution in [0.5, 0.6) is 5.75 Å². The van der Waals surface area contributed by atoms with E-state index in [2.05, 4.69) is 15.6 Å². The van der Waals surface area contributed by atoms with Crippen LogP contribution in [0.4, 0.5) is 5.69 Å². The van der Waals surface area contributed by atoms with E-state index in [4.69, 9.17) is 4.74 Å². The van der Waals surface area contributed by atoms with Gasteiger partial charge in [-0.15, -0.1) is 0 Å². The van der Waals surface area contributed by atoms with Crippen molar-refractivity contribution in [1.29, 1.82) is 0 Å². The van der Waals surface area contributed by atoms with Gasteiger partial charge in [0, 0.05) is 16.8 Å². The molecule has 9 heteroatoms. The molecule has 0 aliphatic carbocycles. The van der Waals surface area contributed by atoms with Crippen LogP contribution in [-0.4, -0.2) is 27.3 Å². The Hall–Kier alpha value is -3.85. The Bertz CT molecular complexity index is 1250. The van der Waals surface area contributed by atoms with Crippen LogP contribution in [0, 0.1) is 13.8 Å². The highest BCUT2D eigenvalue weighted by atomic mass is 32.2. The number of benzene rings is 3. The Balaban J connectivity index is 1.75. The summed E-state index contributed by atoms with van der Waals surface area (Å²) in [5, 5.41) is 0. The minimum absolute atomic E-state index is 0.0498. The maximum atomic E-state index is 12.9.